The number of hydrogen-bond donors (Lipinski definition) is 3. The second-order valence-electron chi connectivity index (χ2n) is 6.22. The number of benzene rings is 2. The number of aliphatic hydroxyl groups is 1. The Labute approximate surface area is 123 Å². The first-order chi connectivity index (χ1) is 10.1. The van der Waals surface area contributed by atoms with Crippen molar-refractivity contribution in [3.63, 3.8) is 0 Å². The van der Waals surface area contributed by atoms with Gasteiger partial charge in [0.1, 0.15) is 5.60 Å². The van der Waals surface area contributed by atoms with Gasteiger partial charge in [0.15, 0.2) is 11.5 Å². The summed E-state index contributed by atoms with van der Waals surface area (Å²) in [7, 11) is 0. The van der Waals surface area contributed by atoms with E-state index in [4.69, 9.17) is 0 Å². The van der Waals surface area contributed by atoms with Crippen molar-refractivity contribution in [2.24, 2.45) is 0 Å². The maximum atomic E-state index is 10.7. The van der Waals surface area contributed by atoms with E-state index in [0.717, 1.165) is 29.5 Å². The summed E-state index contributed by atoms with van der Waals surface area (Å²) < 4.78 is 0. The number of phenols is 2. The highest BCUT2D eigenvalue weighted by Gasteiger charge is 2.56. The zero-order valence-electron chi connectivity index (χ0n) is 11.9. The van der Waals surface area contributed by atoms with Crippen LogP contribution in [-0.2, 0) is 5.60 Å². The van der Waals surface area contributed by atoms with Gasteiger partial charge in [0, 0.05) is 17.0 Å². The van der Waals surface area contributed by atoms with Crippen LogP contribution < -0.4 is 0 Å². The molecule has 2 aromatic carbocycles. The first kappa shape index (κ1) is 12.7. The van der Waals surface area contributed by atoms with Crippen LogP contribution in [0.15, 0.2) is 30.3 Å². The summed E-state index contributed by atoms with van der Waals surface area (Å²) in [6.07, 6.45) is 2.57. The van der Waals surface area contributed by atoms with Crippen LogP contribution >= 0.6 is 0 Å². The molecular formula is C18H18O3. The lowest BCUT2D eigenvalue weighted by atomic mass is 9.63. The Morgan fingerprint density at radius 1 is 1.10 bits per heavy atom. The molecule has 0 spiro atoms. The third kappa shape index (κ3) is 1.42. The largest absolute Gasteiger partial charge is 0.504 e. The van der Waals surface area contributed by atoms with Crippen molar-refractivity contribution < 1.29 is 15.3 Å². The van der Waals surface area contributed by atoms with Crippen LogP contribution in [0, 0.1) is 6.92 Å². The zero-order valence-corrected chi connectivity index (χ0v) is 11.9. The van der Waals surface area contributed by atoms with E-state index in [-0.39, 0.29) is 17.4 Å². The van der Waals surface area contributed by atoms with Gasteiger partial charge in [0.05, 0.1) is 0 Å². The van der Waals surface area contributed by atoms with Crippen LogP contribution in [0.25, 0.3) is 11.1 Å². The molecule has 0 aliphatic heterocycles. The minimum absolute atomic E-state index is 0.0986. The second kappa shape index (κ2) is 4.01. The van der Waals surface area contributed by atoms with E-state index in [1.807, 2.05) is 37.3 Å². The first-order valence-corrected chi connectivity index (χ1v) is 7.42. The van der Waals surface area contributed by atoms with E-state index in [2.05, 4.69) is 0 Å². The molecule has 1 saturated carbocycles. The van der Waals surface area contributed by atoms with Gasteiger partial charge >= 0.3 is 0 Å². The topological polar surface area (TPSA) is 60.7 Å². The van der Waals surface area contributed by atoms with E-state index in [1.165, 1.54) is 0 Å². The second-order valence-corrected chi connectivity index (χ2v) is 6.22. The number of rotatable bonds is 1. The highest BCUT2D eigenvalue weighted by Crippen LogP contribution is 2.65. The standard InChI is InChI=1S/C18H18O3/c1-10-13(11-6-3-2-4-7-11)16(19)17(20)15-14(10)12-8-5-9-18(12,15)21/h2-4,6-7,12,19-21H,5,8-9H2,1H3. The van der Waals surface area contributed by atoms with E-state index in [9.17, 15) is 15.3 Å². The molecule has 0 radical (unpaired) electrons. The van der Waals surface area contributed by atoms with Crippen molar-refractivity contribution in [1.82, 2.24) is 0 Å². The van der Waals surface area contributed by atoms with Gasteiger partial charge in [0.2, 0.25) is 0 Å². The molecule has 21 heavy (non-hydrogen) atoms. The summed E-state index contributed by atoms with van der Waals surface area (Å²) in [4.78, 5) is 0. The van der Waals surface area contributed by atoms with Gasteiger partial charge in [-0.25, -0.2) is 0 Å². The normalized spacial score (nSPS) is 26.1. The number of fused-ring (bicyclic) bond motifs is 4. The summed E-state index contributed by atoms with van der Waals surface area (Å²) in [6.45, 7) is 1.97. The minimum atomic E-state index is -0.934. The van der Waals surface area contributed by atoms with Crippen LogP contribution in [0.2, 0.25) is 0 Å². The third-order valence-corrected chi connectivity index (χ3v) is 5.22. The van der Waals surface area contributed by atoms with E-state index in [0.29, 0.717) is 17.5 Å². The van der Waals surface area contributed by atoms with Crippen LogP contribution in [0.1, 0.15) is 41.9 Å². The molecule has 0 amide bonds. The SMILES string of the molecule is Cc1c(-c2ccccc2)c(O)c(O)c2c1C1CCCC21O. The molecule has 2 atom stereocenters. The quantitative estimate of drug-likeness (QED) is 0.701. The van der Waals surface area contributed by atoms with Crippen molar-refractivity contribution in [3.8, 4) is 22.6 Å². The fourth-order valence-corrected chi connectivity index (χ4v) is 4.29. The fourth-order valence-electron chi connectivity index (χ4n) is 4.29. The Hall–Kier alpha value is -2.00. The molecule has 108 valence electrons. The summed E-state index contributed by atoms with van der Waals surface area (Å²) >= 11 is 0. The van der Waals surface area contributed by atoms with Gasteiger partial charge in [-0.15, -0.1) is 0 Å². The van der Waals surface area contributed by atoms with Gasteiger partial charge in [-0.2, -0.15) is 0 Å². The molecule has 0 heterocycles. The average Bonchev–Trinajstić information content (AvgIpc) is 2.78. The van der Waals surface area contributed by atoms with Crippen LogP contribution in [0.3, 0.4) is 0 Å². The summed E-state index contributed by atoms with van der Waals surface area (Å²) in [5.41, 5.74) is 3.20. The van der Waals surface area contributed by atoms with Crippen molar-refractivity contribution >= 4 is 0 Å². The molecule has 0 aromatic heterocycles. The molecule has 3 nitrogen and oxygen atoms in total. The first-order valence-electron chi connectivity index (χ1n) is 7.42. The smallest absolute Gasteiger partial charge is 0.166 e. The Bertz CT molecular complexity index is 736. The summed E-state index contributed by atoms with van der Waals surface area (Å²) in [5, 5.41) is 31.6. The molecule has 0 saturated heterocycles. The lowest BCUT2D eigenvalue weighted by Gasteiger charge is -2.45. The molecule has 3 N–H and O–H groups in total. The molecule has 2 unspecified atom stereocenters. The Morgan fingerprint density at radius 3 is 2.52 bits per heavy atom. The Kier molecular flexibility index (Phi) is 2.43. The predicted octanol–water partition coefficient (Wildman–Crippen LogP) is 3.54. The molecule has 3 heteroatoms. The molecule has 2 aromatic rings. The lowest BCUT2D eigenvalue weighted by molar-refractivity contribution is -0.00404. The van der Waals surface area contributed by atoms with Gasteiger partial charge in [-0.05, 0) is 42.9 Å². The molecule has 2 aliphatic rings. The summed E-state index contributed by atoms with van der Waals surface area (Å²) in [6, 6.07) is 9.60. The highest BCUT2D eigenvalue weighted by molar-refractivity contribution is 5.82. The molecule has 0 bridgehead atoms. The van der Waals surface area contributed by atoms with Crippen molar-refractivity contribution in [2.75, 3.05) is 0 Å². The van der Waals surface area contributed by atoms with Gasteiger partial charge in [0.25, 0.3) is 0 Å². The van der Waals surface area contributed by atoms with Crippen molar-refractivity contribution in [2.45, 2.75) is 37.7 Å². The highest BCUT2D eigenvalue weighted by atomic mass is 16.3. The minimum Gasteiger partial charge on any atom is -0.504 e. The summed E-state index contributed by atoms with van der Waals surface area (Å²) in [5.74, 6) is -0.159. The van der Waals surface area contributed by atoms with Crippen molar-refractivity contribution in [1.29, 1.82) is 0 Å². The average molecular weight is 282 g/mol. The lowest BCUT2D eigenvalue weighted by Crippen LogP contribution is -2.40. The molecule has 4 rings (SSSR count). The molecule has 1 fully saturated rings. The van der Waals surface area contributed by atoms with Crippen LogP contribution in [0.4, 0.5) is 0 Å². The van der Waals surface area contributed by atoms with Crippen LogP contribution in [-0.4, -0.2) is 15.3 Å². The predicted molar refractivity (Wildman–Crippen MR) is 80.4 cm³/mol. The van der Waals surface area contributed by atoms with E-state index in [1.54, 1.807) is 0 Å². The Balaban J connectivity index is 2.01. The van der Waals surface area contributed by atoms with Gasteiger partial charge in [-0.1, -0.05) is 30.3 Å². The zero-order chi connectivity index (χ0) is 14.8. The van der Waals surface area contributed by atoms with Gasteiger partial charge < -0.3 is 15.3 Å². The number of hydrogen-bond acceptors (Lipinski definition) is 3. The van der Waals surface area contributed by atoms with Crippen LogP contribution in [0.5, 0.6) is 11.5 Å². The molecular weight excluding hydrogens is 264 g/mol. The van der Waals surface area contributed by atoms with Crippen molar-refractivity contribution in [3.05, 3.63) is 47.0 Å². The Morgan fingerprint density at radius 2 is 1.81 bits per heavy atom. The number of aromatic hydroxyl groups is 2. The van der Waals surface area contributed by atoms with E-state index < -0.39 is 5.60 Å². The fraction of sp³-hybridized carbons (Fsp3) is 0.333. The maximum Gasteiger partial charge on any atom is 0.166 e. The number of phenolic OH excluding ortho intramolecular Hbond substituents is 2. The molecule has 2 aliphatic carbocycles. The maximum absolute atomic E-state index is 10.7. The van der Waals surface area contributed by atoms with Gasteiger partial charge in [-0.3, -0.25) is 0 Å². The van der Waals surface area contributed by atoms with E-state index >= 15 is 0 Å². The monoisotopic (exact) mass is 282 g/mol. The third-order valence-electron chi connectivity index (χ3n) is 5.22.